The topological polar surface area (TPSA) is 55.7 Å². The lowest BCUT2D eigenvalue weighted by molar-refractivity contribution is -0.131. The van der Waals surface area contributed by atoms with E-state index in [0.717, 1.165) is 22.3 Å². The van der Waals surface area contributed by atoms with Gasteiger partial charge in [-0.15, -0.1) is 0 Å². The van der Waals surface area contributed by atoms with Gasteiger partial charge in [0.05, 0.1) is 5.69 Å². The molecule has 0 aliphatic heterocycles. The largest absolute Gasteiger partial charge is 0.427 e. The highest BCUT2D eigenvalue weighted by Crippen LogP contribution is 2.25. The third-order valence-corrected chi connectivity index (χ3v) is 5.15. The predicted octanol–water partition coefficient (Wildman–Crippen LogP) is 6.57. The number of ether oxygens (including phenoxy) is 1. The van der Waals surface area contributed by atoms with Gasteiger partial charge in [-0.25, -0.2) is 0 Å². The van der Waals surface area contributed by atoms with Crippen molar-refractivity contribution in [3.05, 3.63) is 119 Å². The van der Waals surface area contributed by atoms with Gasteiger partial charge in [0.2, 0.25) is 0 Å². The molecule has 4 rings (SSSR count). The van der Waals surface area contributed by atoms with E-state index in [0.29, 0.717) is 22.6 Å². The van der Waals surface area contributed by atoms with Gasteiger partial charge < -0.3 is 4.74 Å². The molecule has 0 aromatic heterocycles. The molecule has 0 aliphatic rings. The Balaban J connectivity index is 1.54. The lowest BCUT2D eigenvalue weighted by Crippen LogP contribution is -2.02. The number of carbonyl (C=O) groups is 2. The standard InChI is InChI=1S/C29H23NO3/c1-20-8-17-28(27(18-20)29(32)25-6-4-3-5-7-25)30-19-22-9-11-23(12-10-22)24-13-15-26(16-14-24)33-21(2)31/h3-19H,1-2H3. The molecule has 4 aromatic carbocycles. The summed E-state index contributed by atoms with van der Waals surface area (Å²) in [5, 5.41) is 0. The number of benzene rings is 4. The minimum Gasteiger partial charge on any atom is -0.427 e. The number of hydrogen-bond donors (Lipinski definition) is 0. The quantitative estimate of drug-likeness (QED) is 0.150. The average molecular weight is 434 g/mol. The molecule has 4 heteroatoms. The molecule has 162 valence electrons. The molecule has 0 atom stereocenters. The van der Waals surface area contributed by atoms with Crippen LogP contribution < -0.4 is 4.74 Å². The van der Waals surface area contributed by atoms with Gasteiger partial charge in [-0.1, -0.05) is 78.4 Å². The second-order valence-electron chi connectivity index (χ2n) is 7.71. The average Bonchev–Trinajstić information content (AvgIpc) is 2.84. The lowest BCUT2D eigenvalue weighted by Gasteiger charge is -2.07. The van der Waals surface area contributed by atoms with Crippen LogP contribution in [-0.4, -0.2) is 18.0 Å². The van der Waals surface area contributed by atoms with E-state index in [1.165, 1.54) is 6.92 Å². The minimum atomic E-state index is -0.339. The molecule has 0 bridgehead atoms. The molecule has 0 heterocycles. The summed E-state index contributed by atoms with van der Waals surface area (Å²) in [5.41, 5.74) is 5.86. The molecule has 0 aliphatic carbocycles. The summed E-state index contributed by atoms with van der Waals surface area (Å²) in [7, 11) is 0. The van der Waals surface area contributed by atoms with Crippen molar-refractivity contribution < 1.29 is 14.3 Å². The van der Waals surface area contributed by atoms with E-state index in [9.17, 15) is 9.59 Å². The molecule has 0 amide bonds. The highest BCUT2D eigenvalue weighted by molar-refractivity contribution is 6.12. The lowest BCUT2D eigenvalue weighted by atomic mass is 10.00. The number of carbonyl (C=O) groups excluding carboxylic acids is 2. The molecule has 0 spiro atoms. The van der Waals surface area contributed by atoms with Gasteiger partial charge in [0, 0.05) is 24.3 Å². The normalized spacial score (nSPS) is 10.8. The van der Waals surface area contributed by atoms with Crippen LogP contribution >= 0.6 is 0 Å². The summed E-state index contributed by atoms with van der Waals surface area (Å²) < 4.78 is 5.08. The van der Waals surface area contributed by atoms with Crippen molar-refractivity contribution in [1.29, 1.82) is 0 Å². The fourth-order valence-corrected chi connectivity index (χ4v) is 3.48. The Hall–Kier alpha value is -4.31. The summed E-state index contributed by atoms with van der Waals surface area (Å²) in [4.78, 5) is 28.7. The fraction of sp³-hybridized carbons (Fsp3) is 0.0690. The Morgan fingerprint density at radius 1 is 0.788 bits per heavy atom. The van der Waals surface area contributed by atoms with Gasteiger partial charge in [0.25, 0.3) is 0 Å². The van der Waals surface area contributed by atoms with Crippen molar-refractivity contribution in [3.63, 3.8) is 0 Å². The third kappa shape index (κ3) is 5.49. The zero-order chi connectivity index (χ0) is 23.2. The van der Waals surface area contributed by atoms with Crippen molar-refractivity contribution in [2.75, 3.05) is 0 Å². The number of hydrogen-bond acceptors (Lipinski definition) is 4. The molecule has 0 saturated carbocycles. The maximum Gasteiger partial charge on any atom is 0.308 e. The summed E-state index contributed by atoms with van der Waals surface area (Å²) in [6.07, 6.45) is 1.76. The first kappa shape index (κ1) is 21.9. The smallest absolute Gasteiger partial charge is 0.308 e. The van der Waals surface area contributed by atoms with E-state index in [2.05, 4.69) is 4.99 Å². The van der Waals surface area contributed by atoms with Crippen LogP contribution in [0.3, 0.4) is 0 Å². The monoisotopic (exact) mass is 433 g/mol. The predicted molar refractivity (Wildman–Crippen MR) is 131 cm³/mol. The van der Waals surface area contributed by atoms with E-state index in [1.54, 1.807) is 18.3 Å². The van der Waals surface area contributed by atoms with E-state index < -0.39 is 0 Å². The molecule has 4 nitrogen and oxygen atoms in total. The summed E-state index contributed by atoms with van der Waals surface area (Å²) >= 11 is 0. The van der Waals surface area contributed by atoms with Gasteiger partial charge in [-0.3, -0.25) is 14.6 Å². The zero-order valence-electron chi connectivity index (χ0n) is 18.5. The first-order chi connectivity index (χ1) is 16.0. The van der Waals surface area contributed by atoms with Crippen LogP contribution in [0, 0.1) is 6.92 Å². The van der Waals surface area contributed by atoms with Crippen LogP contribution in [0.1, 0.15) is 34.0 Å². The SMILES string of the molecule is CC(=O)Oc1ccc(-c2ccc(C=Nc3ccc(C)cc3C(=O)c3ccccc3)cc2)cc1. The zero-order valence-corrected chi connectivity index (χ0v) is 18.5. The van der Waals surface area contributed by atoms with Crippen molar-refractivity contribution in [1.82, 2.24) is 0 Å². The van der Waals surface area contributed by atoms with Gasteiger partial charge >= 0.3 is 5.97 Å². The van der Waals surface area contributed by atoms with Crippen LogP contribution in [0.25, 0.3) is 11.1 Å². The number of aliphatic imine (C=N–C) groups is 1. The molecule has 0 saturated heterocycles. The van der Waals surface area contributed by atoms with Crippen LogP contribution in [0.5, 0.6) is 5.75 Å². The molecule has 0 radical (unpaired) electrons. The highest BCUT2D eigenvalue weighted by atomic mass is 16.5. The summed E-state index contributed by atoms with van der Waals surface area (Å²) in [6.45, 7) is 3.35. The molecule has 4 aromatic rings. The fourth-order valence-electron chi connectivity index (χ4n) is 3.48. The molecular formula is C29H23NO3. The van der Waals surface area contributed by atoms with E-state index in [-0.39, 0.29) is 11.8 Å². The summed E-state index contributed by atoms with van der Waals surface area (Å²) in [6, 6.07) is 30.3. The molecule has 0 unspecified atom stereocenters. The van der Waals surface area contributed by atoms with E-state index in [4.69, 9.17) is 4.74 Å². The molecular weight excluding hydrogens is 410 g/mol. The number of esters is 1. The number of ketones is 1. The first-order valence-corrected chi connectivity index (χ1v) is 10.6. The van der Waals surface area contributed by atoms with E-state index >= 15 is 0 Å². The Morgan fingerprint density at radius 2 is 1.42 bits per heavy atom. The minimum absolute atomic E-state index is 0.0426. The maximum atomic E-state index is 13.0. The van der Waals surface area contributed by atoms with Crippen LogP contribution in [-0.2, 0) is 4.79 Å². The Morgan fingerprint density at radius 3 is 2.06 bits per heavy atom. The van der Waals surface area contributed by atoms with E-state index in [1.807, 2.05) is 91.9 Å². The Bertz CT molecular complexity index is 1310. The van der Waals surface area contributed by atoms with Crippen molar-refractivity contribution in [2.24, 2.45) is 4.99 Å². The number of aryl methyl sites for hydroxylation is 1. The Kier molecular flexibility index (Phi) is 6.56. The highest BCUT2D eigenvalue weighted by Gasteiger charge is 2.13. The summed E-state index contributed by atoms with van der Waals surface area (Å²) in [5.74, 6) is 0.140. The first-order valence-electron chi connectivity index (χ1n) is 10.6. The number of rotatable bonds is 6. The molecule has 33 heavy (non-hydrogen) atoms. The van der Waals surface area contributed by atoms with Crippen molar-refractivity contribution >= 4 is 23.7 Å². The van der Waals surface area contributed by atoms with Crippen LogP contribution in [0.15, 0.2) is 102 Å². The van der Waals surface area contributed by atoms with Crippen LogP contribution in [0.2, 0.25) is 0 Å². The van der Waals surface area contributed by atoms with Crippen LogP contribution in [0.4, 0.5) is 5.69 Å². The number of nitrogens with zero attached hydrogens (tertiary/aromatic N) is 1. The van der Waals surface area contributed by atoms with Crippen molar-refractivity contribution in [2.45, 2.75) is 13.8 Å². The molecule has 0 N–H and O–H groups in total. The van der Waals surface area contributed by atoms with Gasteiger partial charge in [0.15, 0.2) is 5.78 Å². The van der Waals surface area contributed by atoms with Crippen molar-refractivity contribution in [3.8, 4) is 16.9 Å². The van der Waals surface area contributed by atoms with Gasteiger partial charge in [0.1, 0.15) is 5.75 Å². The second kappa shape index (κ2) is 9.88. The third-order valence-electron chi connectivity index (χ3n) is 5.15. The maximum absolute atomic E-state index is 13.0. The van der Waals surface area contributed by atoms with Gasteiger partial charge in [-0.05, 0) is 47.9 Å². The Labute approximate surface area is 193 Å². The second-order valence-corrected chi connectivity index (χ2v) is 7.71. The van der Waals surface area contributed by atoms with Gasteiger partial charge in [-0.2, -0.15) is 0 Å². The molecule has 0 fully saturated rings.